The summed E-state index contributed by atoms with van der Waals surface area (Å²) in [7, 11) is 0. The zero-order valence-corrected chi connectivity index (χ0v) is 21.5. The molecule has 0 heterocycles. The van der Waals surface area contributed by atoms with Crippen molar-refractivity contribution in [3.05, 3.63) is 35.4 Å². The summed E-state index contributed by atoms with van der Waals surface area (Å²) < 4.78 is 5.25. The molecule has 0 spiro atoms. The van der Waals surface area contributed by atoms with Crippen molar-refractivity contribution in [3.63, 3.8) is 0 Å². The number of hydrogen-bond acceptors (Lipinski definition) is 5. The number of amides is 3. The van der Waals surface area contributed by atoms with Crippen LogP contribution in [-0.2, 0) is 14.3 Å². The van der Waals surface area contributed by atoms with Gasteiger partial charge in [0.2, 0.25) is 11.8 Å². The van der Waals surface area contributed by atoms with Crippen molar-refractivity contribution in [2.45, 2.75) is 96.5 Å². The lowest BCUT2D eigenvalue weighted by Gasteiger charge is -2.37. The summed E-state index contributed by atoms with van der Waals surface area (Å²) in [6.45, 7) is 8.04. The molecule has 0 bridgehead atoms. The van der Waals surface area contributed by atoms with Gasteiger partial charge in [-0.3, -0.25) is 9.59 Å². The molecule has 1 aromatic rings. The highest BCUT2D eigenvalue weighted by atomic mass is 16.6. The number of nitrogens with one attached hydrogen (secondary N) is 2. The van der Waals surface area contributed by atoms with Crippen molar-refractivity contribution in [2.24, 2.45) is 0 Å². The van der Waals surface area contributed by atoms with Gasteiger partial charge >= 0.3 is 6.09 Å². The molecule has 1 saturated carbocycles. The van der Waals surface area contributed by atoms with Crippen LogP contribution in [0.25, 0.3) is 0 Å². The summed E-state index contributed by atoms with van der Waals surface area (Å²) in [5, 5.41) is 15.5. The van der Waals surface area contributed by atoms with E-state index in [0.717, 1.165) is 32.1 Å². The fourth-order valence-corrected chi connectivity index (χ4v) is 4.22. The Balaban J connectivity index is 2.39. The van der Waals surface area contributed by atoms with E-state index >= 15 is 0 Å². The predicted octanol–water partition coefficient (Wildman–Crippen LogP) is 3.28. The SMILES string of the molecule is C#Cc1ccc(C(C(=O)NC2CCCCC2)N(C(=O)C(CO)NC(=O)OC(C)(C)C)C(C)C)cc1. The molecule has 2 unspecified atom stereocenters. The quantitative estimate of drug-likeness (QED) is 0.490. The van der Waals surface area contributed by atoms with E-state index in [0.29, 0.717) is 11.1 Å². The van der Waals surface area contributed by atoms with E-state index in [1.54, 1.807) is 58.9 Å². The zero-order valence-electron chi connectivity index (χ0n) is 21.5. The first kappa shape index (κ1) is 28.2. The van der Waals surface area contributed by atoms with E-state index in [4.69, 9.17) is 11.2 Å². The van der Waals surface area contributed by atoms with Gasteiger partial charge in [0.05, 0.1) is 6.61 Å². The van der Waals surface area contributed by atoms with Gasteiger partial charge in [-0.25, -0.2) is 4.79 Å². The van der Waals surface area contributed by atoms with Crippen LogP contribution in [0.2, 0.25) is 0 Å². The van der Waals surface area contributed by atoms with Crippen LogP contribution in [0.1, 0.15) is 83.9 Å². The van der Waals surface area contributed by atoms with Gasteiger partial charge in [-0.2, -0.15) is 0 Å². The van der Waals surface area contributed by atoms with Crippen molar-refractivity contribution in [1.82, 2.24) is 15.5 Å². The lowest BCUT2D eigenvalue weighted by atomic mass is 9.94. The number of aliphatic hydroxyl groups is 1. The minimum absolute atomic E-state index is 0.0429. The number of rotatable bonds is 8. The molecule has 3 amide bonds. The van der Waals surface area contributed by atoms with Crippen LogP contribution in [0.4, 0.5) is 4.79 Å². The Morgan fingerprint density at radius 1 is 1.14 bits per heavy atom. The number of carbonyl (C=O) groups is 3. The Morgan fingerprint density at radius 2 is 1.74 bits per heavy atom. The molecule has 1 aliphatic carbocycles. The van der Waals surface area contributed by atoms with Crippen LogP contribution >= 0.6 is 0 Å². The van der Waals surface area contributed by atoms with Crippen LogP contribution in [0.5, 0.6) is 0 Å². The first-order valence-electron chi connectivity index (χ1n) is 12.3. The average molecular weight is 486 g/mol. The Bertz CT molecular complexity index is 908. The minimum atomic E-state index is -1.28. The number of terminal acetylenes is 1. The smallest absolute Gasteiger partial charge is 0.408 e. The van der Waals surface area contributed by atoms with Crippen LogP contribution in [-0.4, -0.2) is 58.2 Å². The molecular weight excluding hydrogens is 446 g/mol. The number of alkyl carbamates (subject to hydrolysis) is 1. The van der Waals surface area contributed by atoms with E-state index in [2.05, 4.69) is 16.6 Å². The van der Waals surface area contributed by atoms with Gasteiger partial charge in [0.1, 0.15) is 17.7 Å². The molecule has 0 aromatic heterocycles. The first-order valence-corrected chi connectivity index (χ1v) is 12.3. The van der Waals surface area contributed by atoms with Gasteiger partial charge in [-0.1, -0.05) is 37.3 Å². The number of hydrogen-bond donors (Lipinski definition) is 3. The fourth-order valence-electron chi connectivity index (χ4n) is 4.22. The third kappa shape index (κ3) is 8.29. The maximum atomic E-state index is 13.6. The molecule has 3 N–H and O–H groups in total. The summed E-state index contributed by atoms with van der Waals surface area (Å²) in [4.78, 5) is 41.0. The molecule has 2 rings (SSSR count). The van der Waals surface area contributed by atoms with E-state index in [9.17, 15) is 19.5 Å². The third-order valence-electron chi connectivity index (χ3n) is 5.85. The second-order valence-electron chi connectivity index (χ2n) is 10.2. The molecule has 2 atom stereocenters. The molecule has 0 saturated heterocycles. The van der Waals surface area contributed by atoms with Crippen molar-refractivity contribution in [1.29, 1.82) is 0 Å². The molecule has 192 valence electrons. The second-order valence-corrected chi connectivity index (χ2v) is 10.2. The largest absolute Gasteiger partial charge is 0.444 e. The minimum Gasteiger partial charge on any atom is -0.444 e. The summed E-state index contributed by atoms with van der Waals surface area (Å²) >= 11 is 0. The van der Waals surface area contributed by atoms with Crippen LogP contribution in [0.15, 0.2) is 24.3 Å². The highest BCUT2D eigenvalue weighted by Crippen LogP contribution is 2.27. The highest BCUT2D eigenvalue weighted by Gasteiger charge is 2.38. The lowest BCUT2D eigenvalue weighted by Crippen LogP contribution is -2.56. The molecule has 0 radical (unpaired) electrons. The van der Waals surface area contributed by atoms with Crippen molar-refractivity contribution in [3.8, 4) is 12.3 Å². The third-order valence-corrected chi connectivity index (χ3v) is 5.85. The Labute approximate surface area is 208 Å². The van der Waals surface area contributed by atoms with Gasteiger partial charge in [-0.15, -0.1) is 6.42 Å². The van der Waals surface area contributed by atoms with Crippen LogP contribution < -0.4 is 10.6 Å². The molecular formula is C27H39N3O5. The van der Waals surface area contributed by atoms with Crippen molar-refractivity contribution < 1.29 is 24.2 Å². The number of aliphatic hydroxyl groups excluding tert-OH is 1. The molecule has 1 aromatic carbocycles. The maximum absolute atomic E-state index is 13.6. The van der Waals surface area contributed by atoms with Crippen LogP contribution in [0, 0.1) is 12.3 Å². The predicted molar refractivity (Wildman–Crippen MR) is 134 cm³/mol. The summed E-state index contributed by atoms with van der Waals surface area (Å²) in [6, 6.07) is 4.31. The van der Waals surface area contributed by atoms with E-state index < -0.39 is 42.3 Å². The monoisotopic (exact) mass is 485 g/mol. The van der Waals surface area contributed by atoms with Gasteiger partial charge in [0.25, 0.3) is 0 Å². The topological polar surface area (TPSA) is 108 Å². The lowest BCUT2D eigenvalue weighted by molar-refractivity contribution is -0.145. The Hall–Kier alpha value is -3.05. The summed E-state index contributed by atoms with van der Waals surface area (Å²) in [5.41, 5.74) is 0.474. The fraction of sp³-hybridized carbons (Fsp3) is 0.593. The maximum Gasteiger partial charge on any atom is 0.408 e. The van der Waals surface area contributed by atoms with E-state index in [-0.39, 0.29) is 11.9 Å². The van der Waals surface area contributed by atoms with Gasteiger partial charge in [0.15, 0.2) is 0 Å². The second kappa shape index (κ2) is 12.6. The number of ether oxygens (including phenoxy) is 1. The molecule has 8 heteroatoms. The summed E-state index contributed by atoms with van der Waals surface area (Å²) in [5.74, 6) is 1.67. The van der Waals surface area contributed by atoms with Crippen LogP contribution in [0.3, 0.4) is 0 Å². The molecule has 1 aliphatic rings. The summed E-state index contributed by atoms with van der Waals surface area (Å²) in [6.07, 6.45) is 9.69. The molecule has 8 nitrogen and oxygen atoms in total. The Kier molecular flexibility index (Phi) is 10.1. The standard InChI is InChI=1S/C27H39N3O5/c1-7-19-13-15-20(16-14-19)23(24(32)28-21-11-9-8-10-12-21)30(18(2)3)25(33)22(17-31)29-26(34)35-27(4,5)6/h1,13-16,18,21-23,31H,8-12,17H2,2-6H3,(H,28,32)(H,29,34). The molecule has 0 aliphatic heterocycles. The van der Waals surface area contributed by atoms with Crippen molar-refractivity contribution >= 4 is 17.9 Å². The van der Waals surface area contributed by atoms with Gasteiger partial charge in [0, 0.05) is 17.6 Å². The molecule has 1 fully saturated rings. The van der Waals surface area contributed by atoms with Gasteiger partial charge in [-0.05, 0) is 65.2 Å². The number of benzene rings is 1. The highest BCUT2D eigenvalue weighted by molar-refractivity contribution is 5.92. The van der Waals surface area contributed by atoms with Gasteiger partial charge < -0.3 is 25.4 Å². The number of nitrogens with zero attached hydrogens (tertiary/aromatic N) is 1. The number of carbonyl (C=O) groups excluding carboxylic acids is 3. The van der Waals surface area contributed by atoms with Crippen molar-refractivity contribution in [2.75, 3.05) is 6.61 Å². The zero-order chi connectivity index (χ0) is 26.2. The Morgan fingerprint density at radius 3 is 2.23 bits per heavy atom. The average Bonchev–Trinajstić information content (AvgIpc) is 2.79. The normalized spacial score (nSPS) is 16.1. The first-order chi connectivity index (χ1) is 16.5. The molecule has 35 heavy (non-hydrogen) atoms. The van der Waals surface area contributed by atoms with E-state index in [1.807, 2.05) is 0 Å². The van der Waals surface area contributed by atoms with E-state index in [1.165, 1.54) is 4.90 Å².